The maximum atomic E-state index is 8.91. The standard InChI is InChI=1S/C12H15ClN4/c1-12(3-6-15-7-4-12)17-11-10(13)9(8-14)2-5-16-11/h2,5,15H,3-4,6-7H2,1H3,(H,16,17). The molecule has 0 radical (unpaired) electrons. The van der Waals surface area contributed by atoms with Crippen molar-refractivity contribution in [1.82, 2.24) is 10.3 Å². The average Bonchev–Trinajstić information content (AvgIpc) is 2.32. The molecule has 5 heteroatoms. The molecule has 0 unspecified atom stereocenters. The van der Waals surface area contributed by atoms with Crippen molar-refractivity contribution in [2.45, 2.75) is 25.3 Å². The van der Waals surface area contributed by atoms with Gasteiger partial charge in [-0.2, -0.15) is 5.26 Å². The molecule has 0 spiro atoms. The Morgan fingerprint density at radius 3 is 2.88 bits per heavy atom. The monoisotopic (exact) mass is 250 g/mol. The van der Waals surface area contributed by atoms with E-state index in [1.54, 1.807) is 12.3 Å². The number of hydrogen-bond donors (Lipinski definition) is 2. The first-order valence-corrected chi connectivity index (χ1v) is 6.06. The predicted octanol–water partition coefficient (Wildman–Crippen LogP) is 2.16. The van der Waals surface area contributed by atoms with Crippen LogP contribution in [0.1, 0.15) is 25.3 Å². The SMILES string of the molecule is CC1(Nc2nccc(C#N)c2Cl)CCNCC1. The maximum Gasteiger partial charge on any atom is 0.146 e. The minimum absolute atomic E-state index is 0.00400. The van der Waals surface area contributed by atoms with Gasteiger partial charge in [0.15, 0.2) is 0 Å². The summed E-state index contributed by atoms with van der Waals surface area (Å²) in [5.74, 6) is 0.607. The molecule has 0 atom stereocenters. The molecule has 17 heavy (non-hydrogen) atoms. The second kappa shape index (κ2) is 4.91. The number of hydrogen-bond acceptors (Lipinski definition) is 4. The first kappa shape index (κ1) is 12.2. The Kier molecular flexibility index (Phi) is 3.51. The van der Waals surface area contributed by atoms with Gasteiger partial charge in [0.1, 0.15) is 16.9 Å². The lowest BCUT2D eigenvalue weighted by atomic mass is 9.90. The summed E-state index contributed by atoms with van der Waals surface area (Å²) >= 11 is 6.13. The zero-order valence-corrected chi connectivity index (χ0v) is 10.5. The quantitative estimate of drug-likeness (QED) is 0.845. The molecule has 0 aliphatic carbocycles. The van der Waals surface area contributed by atoms with E-state index in [0.29, 0.717) is 16.4 Å². The molecule has 1 aromatic heterocycles. The van der Waals surface area contributed by atoms with Gasteiger partial charge < -0.3 is 10.6 Å². The molecular formula is C12H15ClN4. The van der Waals surface area contributed by atoms with Gasteiger partial charge in [-0.05, 0) is 38.9 Å². The summed E-state index contributed by atoms with van der Waals surface area (Å²) in [7, 11) is 0. The molecule has 0 amide bonds. The van der Waals surface area contributed by atoms with Gasteiger partial charge in [0.25, 0.3) is 0 Å². The van der Waals surface area contributed by atoms with Crippen molar-refractivity contribution in [3.05, 3.63) is 22.8 Å². The number of rotatable bonds is 2. The molecule has 1 aliphatic rings. The van der Waals surface area contributed by atoms with E-state index in [1.165, 1.54) is 0 Å². The van der Waals surface area contributed by atoms with E-state index in [2.05, 4.69) is 28.6 Å². The van der Waals surface area contributed by atoms with E-state index in [4.69, 9.17) is 16.9 Å². The van der Waals surface area contributed by atoms with Crippen LogP contribution < -0.4 is 10.6 Å². The third-order valence-corrected chi connectivity index (χ3v) is 3.52. The summed E-state index contributed by atoms with van der Waals surface area (Å²) in [6.45, 7) is 4.13. The van der Waals surface area contributed by atoms with Crippen LogP contribution in [0.25, 0.3) is 0 Å². The summed E-state index contributed by atoms with van der Waals surface area (Å²) in [6.07, 6.45) is 3.64. The molecule has 1 aliphatic heterocycles. The number of nitrogens with zero attached hydrogens (tertiary/aromatic N) is 2. The van der Waals surface area contributed by atoms with Gasteiger partial charge in [0, 0.05) is 11.7 Å². The van der Waals surface area contributed by atoms with E-state index in [1.807, 2.05) is 0 Å². The lowest BCUT2D eigenvalue weighted by Gasteiger charge is -2.35. The van der Waals surface area contributed by atoms with Gasteiger partial charge in [-0.1, -0.05) is 11.6 Å². The third kappa shape index (κ3) is 2.68. The van der Waals surface area contributed by atoms with Gasteiger partial charge >= 0.3 is 0 Å². The van der Waals surface area contributed by atoms with Crippen LogP contribution >= 0.6 is 11.6 Å². The van der Waals surface area contributed by atoms with Crippen LogP contribution in [-0.4, -0.2) is 23.6 Å². The topological polar surface area (TPSA) is 60.7 Å². The van der Waals surface area contributed by atoms with Crippen molar-refractivity contribution < 1.29 is 0 Å². The number of piperidine rings is 1. The summed E-state index contributed by atoms with van der Waals surface area (Å²) in [5, 5.41) is 16.0. The second-order valence-corrected chi connectivity index (χ2v) is 4.95. The van der Waals surface area contributed by atoms with Gasteiger partial charge in [-0.15, -0.1) is 0 Å². The summed E-state index contributed by atoms with van der Waals surface area (Å²) in [5.41, 5.74) is 0.456. The van der Waals surface area contributed by atoms with Crippen LogP contribution in [0.3, 0.4) is 0 Å². The predicted molar refractivity (Wildman–Crippen MR) is 68.1 cm³/mol. The minimum Gasteiger partial charge on any atom is -0.364 e. The van der Waals surface area contributed by atoms with E-state index in [0.717, 1.165) is 25.9 Å². The number of aromatic nitrogens is 1. The zero-order chi connectivity index (χ0) is 12.3. The second-order valence-electron chi connectivity index (χ2n) is 4.57. The van der Waals surface area contributed by atoms with Crippen LogP contribution in [0.5, 0.6) is 0 Å². The Bertz CT molecular complexity index is 446. The van der Waals surface area contributed by atoms with Gasteiger partial charge in [-0.3, -0.25) is 0 Å². The molecule has 1 saturated heterocycles. The average molecular weight is 251 g/mol. The van der Waals surface area contributed by atoms with Crippen molar-refractivity contribution in [2.24, 2.45) is 0 Å². The van der Waals surface area contributed by atoms with Crippen molar-refractivity contribution in [1.29, 1.82) is 5.26 Å². The Morgan fingerprint density at radius 1 is 1.53 bits per heavy atom. The van der Waals surface area contributed by atoms with Gasteiger partial charge in [-0.25, -0.2) is 4.98 Å². The summed E-state index contributed by atoms with van der Waals surface area (Å²) < 4.78 is 0. The van der Waals surface area contributed by atoms with Crippen LogP contribution in [0.4, 0.5) is 5.82 Å². The largest absolute Gasteiger partial charge is 0.364 e. The smallest absolute Gasteiger partial charge is 0.146 e. The van der Waals surface area contributed by atoms with Crippen molar-refractivity contribution in [3.8, 4) is 6.07 Å². The van der Waals surface area contributed by atoms with E-state index in [-0.39, 0.29) is 5.54 Å². The zero-order valence-electron chi connectivity index (χ0n) is 9.76. The van der Waals surface area contributed by atoms with Crippen LogP contribution in [-0.2, 0) is 0 Å². The Balaban J connectivity index is 2.21. The molecule has 0 bridgehead atoms. The molecule has 2 heterocycles. The molecule has 90 valence electrons. The number of nitriles is 1. The molecule has 2 N–H and O–H groups in total. The fraction of sp³-hybridized carbons (Fsp3) is 0.500. The molecule has 1 fully saturated rings. The fourth-order valence-corrected chi connectivity index (χ4v) is 2.21. The summed E-state index contributed by atoms with van der Waals surface area (Å²) in [4.78, 5) is 4.21. The van der Waals surface area contributed by atoms with E-state index < -0.39 is 0 Å². The number of halogens is 1. The summed E-state index contributed by atoms with van der Waals surface area (Å²) in [6, 6.07) is 3.68. The number of anilines is 1. The first-order chi connectivity index (χ1) is 8.14. The first-order valence-electron chi connectivity index (χ1n) is 5.68. The van der Waals surface area contributed by atoms with Crippen molar-refractivity contribution >= 4 is 17.4 Å². The highest BCUT2D eigenvalue weighted by molar-refractivity contribution is 6.34. The van der Waals surface area contributed by atoms with E-state index in [9.17, 15) is 0 Å². The number of nitrogens with one attached hydrogen (secondary N) is 2. The van der Waals surface area contributed by atoms with E-state index >= 15 is 0 Å². The van der Waals surface area contributed by atoms with Crippen molar-refractivity contribution in [3.63, 3.8) is 0 Å². The Morgan fingerprint density at radius 2 is 2.24 bits per heavy atom. The minimum atomic E-state index is -0.00400. The normalized spacial score (nSPS) is 18.4. The molecule has 2 rings (SSSR count). The molecule has 4 nitrogen and oxygen atoms in total. The fourth-order valence-electron chi connectivity index (χ4n) is 2.01. The highest BCUT2D eigenvalue weighted by Crippen LogP contribution is 2.28. The maximum absolute atomic E-state index is 8.91. The molecule has 0 saturated carbocycles. The number of pyridine rings is 1. The van der Waals surface area contributed by atoms with Crippen LogP contribution in [0.15, 0.2) is 12.3 Å². The molecule has 0 aromatic carbocycles. The van der Waals surface area contributed by atoms with Crippen LogP contribution in [0, 0.1) is 11.3 Å². The van der Waals surface area contributed by atoms with Gasteiger partial charge in [0.2, 0.25) is 0 Å². The Labute approximate surface area is 106 Å². The van der Waals surface area contributed by atoms with Crippen LogP contribution in [0.2, 0.25) is 5.02 Å². The molecule has 1 aromatic rings. The third-order valence-electron chi connectivity index (χ3n) is 3.14. The Hall–Kier alpha value is -1.31. The molecular weight excluding hydrogens is 236 g/mol. The highest BCUT2D eigenvalue weighted by atomic mass is 35.5. The lowest BCUT2D eigenvalue weighted by molar-refractivity contribution is 0.364. The highest BCUT2D eigenvalue weighted by Gasteiger charge is 2.27. The van der Waals surface area contributed by atoms with Crippen molar-refractivity contribution in [2.75, 3.05) is 18.4 Å². The lowest BCUT2D eigenvalue weighted by Crippen LogP contribution is -2.45. The van der Waals surface area contributed by atoms with Gasteiger partial charge in [0.05, 0.1) is 5.56 Å².